The van der Waals surface area contributed by atoms with Crippen molar-refractivity contribution >= 4 is 17.4 Å². The van der Waals surface area contributed by atoms with Crippen molar-refractivity contribution in [3.05, 3.63) is 17.0 Å². The molecule has 0 aliphatic heterocycles. The highest BCUT2D eigenvalue weighted by Crippen LogP contribution is 2.14. The van der Waals surface area contributed by atoms with Crippen molar-refractivity contribution in [1.29, 1.82) is 0 Å². The number of nitrogen functional groups attached to an aromatic ring is 1. The summed E-state index contributed by atoms with van der Waals surface area (Å²) in [7, 11) is 0. The highest BCUT2D eigenvalue weighted by Gasteiger charge is 2.03. The smallest absolute Gasteiger partial charge is 0.150 e. The number of nitrogens with two attached hydrogens (primary N) is 1. The summed E-state index contributed by atoms with van der Waals surface area (Å²) in [5.41, 5.74) is 5.84. The monoisotopic (exact) mass is 197 g/mol. The topological polar surface area (TPSA) is 72.0 Å². The van der Waals surface area contributed by atoms with Crippen molar-refractivity contribution < 1.29 is 5.11 Å². The van der Waals surface area contributed by atoms with Crippen LogP contribution in [0.15, 0.2) is 6.33 Å². The molecule has 4 nitrogen and oxygen atoms in total. The largest absolute Gasteiger partial charge is 0.383 e. The molecule has 0 bridgehead atoms. The Balaban J connectivity index is 3.09. The fourth-order valence-electron chi connectivity index (χ4n) is 0.669. The van der Waals surface area contributed by atoms with Gasteiger partial charge in [-0.3, -0.25) is 0 Å². The standard InChI is InChI=1S/C8H8ClN3O/c1-5(13)2-3-6-7(9)11-4-12-8(6)10/h4-5,13H,1H3,(H2,10,11,12)/t5-/m0/s1. The average Bonchev–Trinajstić information content (AvgIpc) is 2.03. The lowest BCUT2D eigenvalue weighted by Crippen LogP contribution is -1.98. The van der Waals surface area contributed by atoms with Gasteiger partial charge in [-0.2, -0.15) is 0 Å². The van der Waals surface area contributed by atoms with Crippen molar-refractivity contribution in [3.63, 3.8) is 0 Å². The third kappa shape index (κ3) is 2.58. The lowest BCUT2D eigenvalue weighted by molar-refractivity contribution is 0.253. The van der Waals surface area contributed by atoms with Crippen LogP contribution in [-0.2, 0) is 0 Å². The van der Waals surface area contributed by atoms with Crippen LogP contribution in [0.5, 0.6) is 0 Å². The van der Waals surface area contributed by atoms with Crippen molar-refractivity contribution in [1.82, 2.24) is 9.97 Å². The van der Waals surface area contributed by atoms with Crippen LogP contribution in [0.25, 0.3) is 0 Å². The van der Waals surface area contributed by atoms with Crippen molar-refractivity contribution in [2.75, 3.05) is 5.73 Å². The first kappa shape index (κ1) is 9.78. The van der Waals surface area contributed by atoms with Gasteiger partial charge in [-0.1, -0.05) is 23.4 Å². The van der Waals surface area contributed by atoms with Gasteiger partial charge in [-0.15, -0.1) is 0 Å². The minimum absolute atomic E-state index is 0.195. The quantitative estimate of drug-likeness (QED) is 0.468. The summed E-state index contributed by atoms with van der Waals surface area (Å²) in [5, 5.41) is 9.09. The van der Waals surface area contributed by atoms with Gasteiger partial charge in [0, 0.05) is 0 Å². The number of hydrogen-bond acceptors (Lipinski definition) is 4. The summed E-state index contributed by atoms with van der Waals surface area (Å²) in [6.45, 7) is 1.54. The number of rotatable bonds is 0. The predicted molar refractivity (Wildman–Crippen MR) is 50.0 cm³/mol. The lowest BCUT2D eigenvalue weighted by Gasteiger charge is -1.97. The molecule has 0 spiro atoms. The summed E-state index contributed by atoms with van der Waals surface area (Å²) in [4.78, 5) is 7.42. The molecule has 3 N–H and O–H groups in total. The number of nitrogens with zero attached hydrogens (tertiary/aromatic N) is 2. The second-order valence-electron chi connectivity index (χ2n) is 2.37. The van der Waals surface area contributed by atoms with E-state index in [1.807, 2.05) is 0 Å². The van der Waals surface area contributed by atoms with Crippen LogP contribution in [0, 0.1) is 11.8 Å². The van der Waals surface area contributed by atoms with Gasteiger partial charge in [0.15, 0.2) is 0 Å². The predicted octanol–water partition coefficient (Wildman–Crippen LogP) is 0.444. The molecule has 68 valence electrons. The van der Waals surface area contributed by atoms with E-state index in [-0.39, 0.29) is 11.0 Å². The Morgan fingerprint density at radius 1 is 1.62 bits per heavy atom. The lowest BCUT2D eigenvalue weighted by atomic mass is 10.3. The van der Waals surface area contributed by atoms with E-state index in [4.69, 9.17) is 22.4 Å². The number of halogens is 1. The minimum Gasteiger partial charge on any atom is -0.383 e. The van der Waals surface area contributed by atoms with Crippen LogP contribution >= 0.6 is 11.6 Å². The first-order valence-electron chi connectivity index (χ1n) is 3.57. The van der Waals surface area contributed by atoms with Gasteiger partial charge < -0.3 is 10.8 Å². The Bertz CT molecular complexity index is 347. The van der Waals surface area contributed by atoms with E-state index in [1.165, 1.54) is 6.33 Å². The maximum absolute atomic E-state index is 8.90. The van der Waals surface area contributed by atoms with E-state index in [2.05, 4.69) is 21.8 Å². The molecule has 0 fully saturated rings. The molecule has 13 heavy (non-hydrogen) atoms. The van der Waals surface area contributed by atoms with Gasteiger partial charge in [0.25, 0.3) is 0 Å². The number of anilines is 1. The van der Waals surface area contributed by atoms with Crippen molar-refractivity contribution in [2.24, 2.45) is 0 Å². The van der Waals surface area contributed by atoms with Crippen molar-refractivity contribution in [2.45, 2.75) is 13.0 Å². The van der Waals surface area contributed by atoms with E-state index in [0.717, 1.165) is 0 Å². The van der Waals surface area contributed by atoms with Gasteiger partial charge in [-0.05, 0) is 6.92 Å². The van der Waals surface area contributed by atoms with Crippen LogP contribution in [0.1, 0.15) is 12.5 Å². The zero-order valence-corrected chi connectivity index (χ0v) is 7.71. The van der Waals surface area contributed by atoms with Crippen LogP contribution in [-0.4, -0.2) is 21.2 Å². The van der Waals surface area contributed by atoms with E-state index < -0.39 is 6.10 Å². The Labute approximate surface area is 80.8 Å². The molecule has 0 radical (unpaired) electrons. The third-order valence-electron chi connectivity index (χ3n) is 1.24. The fourth-order valence-corrected chi connectivity index (χ4v) is 0.856. The highest BCUT2D eigenvalue weighted by molar-refractivity contribution is 6.30. The summed E-state index contributed by atoms with van der Waals surface area (Å²) in [6.07, 6.45) is 0.529. The SMILES string of the molecule is C[C@H](O)C#Cc1c(N)ncnc1Cl. The normalized spacial score (nSPS) is 11.6. The average molecular weight is 198 g/mol. The third-order valence-corrected chi connectivity index (χ3v) is 1.52. The first-order chi connectivity index (χ1) is 6.11. The molecule has 0 aliphatic carbocycles. The zero-order valence-electron chi connectivity index (χ0n) is 6.95. The molecule has 0 saturated heterocycles. The van der Waals surface area contributed by atoms with Crippen LogP contribution < -0.4 is 5.73 Å². The maximum Gasteiger partial charge on any atom is 0.150 e. The molecule has 0 aliphatic rings. The molecule has 1 rings (SSSR count). The second-order valence-corrected chi connectivity index (χ2v) is 2.73. The number of hydrogen-bond donors (Lipinski definition) is 2. The van der Waals surface area contributed by atoms with Gasteiger partial charge in [-0.25, -0.2) is 9.97 Å². The number of aliphatic hydroxyl groups excluding tert-OH is 1. The molecule has 0 amide bonds. The molecule has 1 aromatic heterocycles. The van der Waals surface area contributed by atoms with E-state index in [9.17, 15) is 0 Å². The Morgan fingerprint density at radius 2 is 2.31 bits per heavy atom. The van der Waals surface area contributed by atoms with Gasteiger partial charge in [0.2, 0.25) is 0 Å². The molecule has 1 heterocycles. The van der Waals surface area contributed by atoms with Crippen LogP contribution in [0.2, 0.25) is 5.15 Å². The molecule has 0 aromatic carbocycles. The maximum atomic E-state index is 8.90. The minimum atomic E-state index is -0.726. The molecular formula is C8H8ClN3O. The van der Waals surface area contributed by atoms with E-state index >= 15 is 0 Å². The molecule has 1 atom stereocenters. The zero-order chi connectivity index (χ0) is 9.84. The fraction of sp³-hybridized carbons (Fsp3) is 0.250. The summed E-state index contributed by atoms with van der Waals surface area (Å²) >= 11 is 5.70. The molecule has 0 unspecified atom stereocenters. The highest BCUT2D eigenvalue weighted by atomic mass is 35.5. The number of aromatic nitrogens is 2. The van der Waals surface area contributed by atoms with Gasteiger partial charge in [0.1, 0.15) is 29.0 Å². The van der Waals surface area contributed by atoms with E-state index in [1.54, 1.807) is 6.92 Å². The Hall–Kier alpha value is -1.31. The summed E-state index contributed by atoms with van der Waals surface area (Å²) < 4.78 is 0. The van der Waals surface area contributed by atoms with Gasteiger partial charge in [0.05, 0.1) is 0 Å². The summed E-state index contributed by atoms with van der Waals surface area (Å²) in [5.74, 6) is 5.32. The van der Waals surface area contributed by atoms with Crippen molar-refractivity contribution in [3.8, 4) is 11.8 Å². The molecule has 0 saturated carbocycles. The van der Waals surface area contributed by atoms with Crippen LogP contribution in [0.4, 0.5) is 5.82 Å². The summed E-state index contributed by atoms with van der Waals surface area (Å²) in [6, 6.07) is 0. The second kappa shape index (κ2) is 4.08. The van der Waals surface area contributed by atoms with Gasteiger partial charge >= 0.3 is 0 Å². The van der Waals surface area contributed by atoms with Crippen LogP contribution in [0.3, 0.4) is 0 Å². The molecular weight excluding hydrogens is 190 g/mol. The molecule has 5 heteroatoms. The first-order valence-corrected chi connectivity index (χ1v) is 3.94. The van der Waals surface area contributed by atoms with E-state index in [0.29, 0.717) is 5.56 Å². The molecule has 1 aromatic rings. The number of aliphatic hydroxyl groups is 1. The Morgan fingerprint density at radius 3 is 2.85 bits per heavy atom. The Kier molecular flexibility index (Phi) is 3.07.